The molecule has 2 heterocycles. The number of carbonyl (C=O) groups excluding carboxylic acids is 1. The van der Waals surface area contributed by atoms with Crippen molar-refractivity contribution in [2.24, 2.45) is 5.92 Å². The summed E-state index contributed by atoms with van der Waals surface area (Å²) < 4.78 is 12.6. The van der Waals surface area contributed by atoms with E-state index < -0.39 is 0 Å². The molecule has 0 aliphatic carbocycles. The van der Waals surface area contributed by atoms with Gasteiger partial charge >= 0.3 is 0 Å². The largest absolute Gasteiger partial charge is 0.463 e. The van der Waals surface area contributed by atoms with Crippen molar-refractivity contribution in [3.63, 3.8) is 0 Å². The first-order chi connectivity index (χ1) is 13.1. The smallest absolute Gasteiger partial charge is 0.270 e. The number of hydrogen-bond acceptors (Lipinski definition) is 4. The number of aromatic nitrogens is 2. The highest BCUT2D eigenvalue weighted by Crippen LogP contribution is 2.22. The van der Waals surface area contributed by atoms with Gasteiger partial charge in [0, 0.05) is 25.8 Å². The first-order valence-electron chi connectivity index (χ1n) is 9.20. The molecule has 1 amide bonds. The van der Waals surface area contributed by atoms with Crippen LogP contribution in [0, 0.1) is 5.92 Å². The highest BCUT2D eigenvalue weighted by molar-refractivity contribution is 5.94. The first-order valence-corrected chi connectivity index (χ1v) is 9.20. The Kier molecular flexibility index (Phi) is 6.44. The fourth-order valence-corrected chi connectivity index (χ4v) is 2.64. The Morgan fingerprint density at radius 1 is 1.22 bits per heavy atom. The highest BCUT2D eigenvalue weighted by Gasteiger charge is 2.18. The van der Waals surface area contributed by atoms with E-state index in [-0.39, 0.29) is 5.91 Å². The van der Waals surface area contributed by atoms with Crippen LogP contribution < -0.4 is 5.32 Å². The lowest BCUT2D eigenvalue weighted by molar-refractivity contribution is 0.0918. The van der Waals surface area contributed by atoms with Crippen LogP contribution in [-0.4, -0.2) is 35.4 Å². The third-order valence-electron chi connectivity index (χ3n) is 3.92. The predicted octanol–water partition coefficient (Wildman–Crippen LogP) is 3.92. The van der Waals surface area contributed by atoms with Gasteiger partial charge in [-0.25, -0.2) is 4.68 Å². The molecule has 0 radical (unpaired) electrons. The van der Waals surface area contributed by atoms with Crippen molar-refractivity contribution in [1.29, 1.82) is 0 Å². The van der Waals surface area contributed by atoms with Crippen LogP contribution in [0.25, 0.3) is 17.1 Å². The van der Waals surface area contributed by atoms with E-state index in [0.717, 1.165) is 18.7 Å². The summed E-state index contributed by atoms with van der Waals surface area (Å²) >= 11 is 0. The minimum absolute atomic E-state index is 0.173. The summed E-state index contributed by atoms with van der Waals surface area (Å²) in [5.41, 5.74) is 1.91. The second kappa shape index (κ2) is 9.19. The zero-order chi connectivity index (χ0) is 19.1. The van der Waals surface area contributed by atoms with Crippen molar-refractivity contribution in [2.75, 3.05) is 19.8 Å². The first kappa shape index (κ1) is 18.9. The molecule has 6 heteroatoms. The molecule has 0 bridgehead atoms. The van der Waals surface area contributed by atoms with Crippen molar-refractivity contribution in [3.8, 4) is 17.1 Å². The molecule has 3 aromatic rings. The standard InChI is InChI=1S/C21H25N3O3/c1-16(2)15-26-12-7-11-22-21(25)19-14-18(20-10-6-13-27-20)23-24(19)17-8-4-3-5-9-17/h3-6,8-10,13-14,16H,7,11-12,15H2,1-2H3,(H,22,25). The Labute approximate surface area is 159 Å². The predicted molar refractivity (Wildman–Crippen MR) is 104 cm³/mol. The molecule has 27 heavy (non-hydrogen) atoms. The van der Waals surface area contributed by atoms with E-state index in [2.05, 4.69) is 24.3 Å². The number of amides is 1. The number of benzene rings is 1. The molecule has 142 valence electrons. The maximum absolute atomic E-state index is 12.7. The number of ether oxygens (including phenoxy) is 1. The van der Waals surface area contributed by atoms with Crippen LogP contribution in [0.15, 0.2) is 59.2 Å². The van der Waals surface area contributed by atoms with Crippen molar-refractivity contribution in [3.05, 3.63) is 60.5 Å². The van der Waals surface area contributed by atoms with E-state index >= 15 is 0 Å². The lowest BCUT2D eigenvalue weighted by Gasteiger charge is -2.09. The summed E-state index contributed by atoms with van der Waals surface area (Å²) in [7, 11) is 0. The maximum Gasteiger partial charge on any atom is 0.270 e. The van der Waals surface area contributed by atoms with Gasteiger partial charge in [0.05, 0.1) is 12.0 Å². The Hall–Kier alpha value is -2.86. The molecule has 1 aromatic carbocycles. The topological polar surface area (TPSA) is 69.3 Å². The number of para-hydroxylation sites is 1. The number of carbonyl (C=O) groups is 1. The highest BCUT2D eigenvalue weighted by atomic mass is 16.5. The zero-order valence-electron chi connectivity index (χ0n) is 15.7. The lowest BCUT2D eigenvalue weighted by atomic mass is 10.2. The van der Waals surface area contributed by atoms with Crippen LogP contribution in [0.2, 0.25) is 0 Å². The van der Waals surface area contributed by atoms with Crippen molar-refractivity contribution in [1.82, 2.24) is 15.1 Å². The summed E-state index contributed by atoms with van der Waals surface area (Å²) in [6, 6.07) is 15.0. The Balaban J connectivity index is 1.70. The quantitative estimate of drug-likeness (QED) is 0.582. The number of nitrogens with zero attached hydrogens (tertiary/aromatic N) is 2. The van der Waals surface area contributed by atoms with Crippen LogP contribution in [-0.2, 0) is 4.74 Å². The molecular formula is C21H25N3O3. The molecule has 0 saturated heterocycles. The number of furan rings is 1. The van der Waals surface area contributed by atoms with Crippen molar-refractivity contribution < 1.29 is 13.9 Å². The minimum atomic E-state index is -0.173. The van der Waals surface area contributed by atoms with Gasteiger partial charge < -0.3 is 14.5 Å². The summed E-state index contributed by atoms with van der Waals surface area (Å²) in [5.74, 6) is 0.966. The molecule has 0 saturated carbocycles. The molecule has 0 aliphatic rings. The van der Waals surface area contributed by atoms with Gasteiger partial charge in [0.15, 0.2) is 5.76 Å². The average molecular weight is 367 g/mol. The van der Waals surface area contributed by atoms with Gasteiger partial charge in [0.25, 0.3) is 5.91 Å². The molecule has 0 unspecified atom stereocenters. The zero-order valence-corrected chi connectivity index (χ0v) is 15.7. The van der Waals surface area contributed by atoms with E-state index in [1.165, 1.54) is 0 Å². The molecule has 0 fully saturated rings. The maximum atomic E-state index is 12.7. The summed E-state index contributed by atoms with van der Waals surface area (Å²) in [5, 5.41) is 7.50. The number of hydrogen-bond donors (Lipinski definition) is 1. The Morgan fingerprint density at radius 2 is 2.04 bits per heavy atom. The van der Waals surface area contributed by atoms with E-state index in [1.54, 1.807) is 23.1 Å². The third-order valence-corrected chi connectivity index (χ3v) is 3.92. The molecule has 0 atom stereocenters. The van der Waals surface area contributed by atoms with E-state index in [4.69, 9.17) is 9.15 Å². The van der Waals surface area contributed by atoms with Gasteiger partial charge in [-0.2, -0.15) is 5.10 Å². The SMILES string of the molecule is CC(C)COCCCNC(=O)c1cc(-c2ccco2)nn1-c1ccccc1. The van der Waals surface area contributed by atoms with E-state index in [1.807, 2.05) is 36.4 Å². The summed E-state index contributed by atoms with van der Waals surface area (Å²) in [4.78, 5) is 12.7. The van der Waals surface area contributed by atoms with Crippen molar-refractivity contribution in [2.45, 2.75) is 20.3 Å². The van der Waals surface area contributed by atoms with Gasteiger partial charge in [-0.1, -0.05) is 32.0 Å². The summed E-state index contributed by atoms with van der Waals surface area (Å²) in [6.07, 6.45) is 2.36. The number of rotatable bonds is 9. The van der Waals surface area contributed by atoms with Crippen LogP contribution in [0.3, 0.4) is 0 Å². The van der Waals surface area contributed by atoms with Gasteiger partial charge in [-0.3, -0.25) is 4.79 Å². The van der Waals surface area contributed by atoms with Gasteiger partial charge in [-0.05, 0) is 36.6 Å². The monoisotopic (exact) mass is 367 g/mol. The van der Waals surface area contributed by atoms with Crippen molar-refractivity contribution >= 4 is 5.91 Å². The number of nitrogens with one attached hydrogen (secondary N) is 1. The normalized spacial score (nSPS) is 11.1. The molecule has 0 aliphatic heterocycles. The van der Waals surface area contributed by atoms with Crippen LogP contribution in [0.4, 0.5) is 0 Å². The second-order valence-corrected chi connectivity index (χ2v) is 6.72. The minimum Gasteiger partial charge on any atom is -0.463 e. The third kappa shape index (κ3) is 5.08. The molecule has 3 rings (SSSR count). The fourth-order valence-electron chi connectivity index (χ4n) is 2.64. The van der Waals surface area contributed by atoms with E-state index in [0.29, 0.717) is 36.2 Å². The van der Waals surface area contributed by atoms with E-state index in [9.17, 15) is 4.79 Å². The lowest BCUT2D eigenvalue weighted by Crippen LogP contribution is -2.27. The Morgan fingerprint density at radius 3 is 2.74 bits per heavy atom. The fraction of sp³-hybridized carbons (Fsp3) is 0.333. The molecule has 0 spiro atoms. The van der Waals surface area contributed by atoms with Gasteiger partial charge in [0.1, 0.15) is 11.4 Å². The second-order valence-electron chi connectivity index (χ2n) is 6.72. The van der Waals surface area contributed by atoms with Crippen LogP contribution >= 0.6 is 0 Å². The molecular weight excluding hydrogens is 342 g/mol. The molecule has 6 nitrogen and oxygen atoms in total. The van der Waals surface area contributed by atoms with Crippen LogP contribution in [0.5, 0.6) is 0 Å². The molecule has 1 N–H and O–H groups in total. The summed E-state index contributed by atoms with van der Waals surface area (Å²) in [6.45, 7) is 6.15. The van der Waals surface area contributed by atoms with Gasteiger partial charge in [-0.15, -0.1) is 0 Å². The average Bonchev–Trinajstić information content (AvgIpc) is 3.34. The molecule has 2 aromatic heterocycles. The van der Waals surface area contributed by atoms with Gasteiger partial charge in [0.2, 0.25) is 0 Å². The van der Waals surface area contributed by atoms with Crippen LogP contribution in [0.1, 0.15) is 30.8 Å². The Bertz CT molecular complexity index is 839.